The average molecular weight is 376 g/mol. The number of anilines is 1. The molecule has 1 saturated carbocycles. The number of rotatable bonds is 6. The van der Waals surface area contributed by atoms with Crippen molar-refractivity contribution in [2.75, 3.05) is 5.32 Å². The number of fused-ring (bicyclic) bond motifs is 1. The highest BCUT2D eigenvalue weighted by atomic mass is 16.2. The summed E-state index contributed by atoms with van der Waals surface area (Å²) in [7, 11) is 0. The molecule has 1 unspecified atom stereocenters. The molecule has 2 amide bonds. The second kappa shape index (κ2) is 7.46. The summed E-state index contributed by atoms with van der Waals surface area (Å²) in [5.74, 6) is 0.958. The molecule has 3 aromatic rings. The summed E-state index contributed by atoms with van der Waals surface area (Å²) in [6, 6.07) is 14.6. The van der Waals surface area contributed by atoms with E-state index >= 15 is 0 Å². The van der Waals surface area contributed by atoms with Gasteiger partial charge in [0.1, 0.15) is 5.82 Å². The van der Waals surface area contributed by atoms with Gasteiger partial charge in [0.15, 0.2) is 0 Å². The first kappa shape index (κ1) is 18.2. The third-order valence-corrected chi connectivity index (χ3v) is 5.02. The number of aromatic nitrogens is 2. The van der Waals surface area contributed by atoms with Crippen LogP contribution in [0, 0.1) is 11.8 Å². The minimum Gasteiger partial charge on any atom is -0.342 e. The van der Waals surface area contributed by atoms with Crippen LogP contribution in [0.15, 0.2) is 48.5 Å². The van der Waals surface area contributed by atoms with Crippen molar-refractivity contribution in [2.24, 2.45) is 11.8 Å². The van der Waals surface area contributed by atoms with Gasteiger partial charge in [0.05, 0.1) is 17.1 Å². The van der Waals surface area contributed by atoms with Gasteiger partial charge in [-0.25, -0.2) is 4.98 Å². The molecule has 0 saturated heterocycles. The number of para-hydroxylation sites is 2. The number of carbonyl (C=O) groups is 2. The first-order valence-corrected chi connectivity index (χ1v) is 9.67. The zero-order valence-corrected chi connectivity index (χ0v) is 16.0. The molecule has 28 heavy (non-hydrogen) atoms. The van der Waals surface area contributed by atoms with E-state index in [0.29, 0.717) is 11.3 Å². The minimum absolute atomic E-state index is 0.0574. The van der Waals surface area contributed by atoms with Crippen LogP contribution in [-0.2, 0) is 4.79 Å². The molecule has 4 rings (SSSR count). The summed E-state index contributed by atoms with van der Waals surface area (Å²) < 4.78 is 0. The van der Waals surface area contributed by atoms with Crippen molar-refractivity contribution in [1.82, 2.24) is 15.3 Å². The van der Waals surface area contributed by atoms with Gasteiger partial charge in [0, 0.05) is 17.2 Å². The molecule has 2 aromatic carbocycles. The van der Waals surface area contributed by atoms with Gasteiger partial charge < -0.3 is 15.6 Å². The quantitative estimate of drug-likeness (QED) is 0.607. The van der Waals surface area contributed by atoms with Gasteiger partial charge in [-0.15, -0.1) is 0 Å². The summed E-state index contributed by atoms with van der Waals surface area (Å²) in [6.45, 7) is 4.10. The fourth-order valence-electron chi connectivity index (χ4n) is 3.19. The van der Waals surface area contributed by atoms with Crippen LogP contribution in [0.1, 0.15) is 48.9 Å². The van der Waals surface area contributed by atoms with Crippen molar-refractivity contribution in [3.05, 3.63) is 59.9 Å². The van der Waals surface area contributed by atoms with Gasteiger partial charge in [0.2, 0.25) is 5.91 Å². The van der Waals surface area contributed by atoms with E-state index in [4.69, 9.17) is 0 Å². The minimum atomic E-state index is -0.228. The van der Waals surface area contributed by atoms with Gasteiger partial charge in [0.25, 0.3) is 5.91 Å². The van der Waals surface area contributed by atoms with Crippen LogP contribution in [0.25, 0.3) is 11.0 Å². The van der Waals surface area contributed by atoms with Crippen LogP contribution in [0.2, 0.25) is 0 Å². The third-order valence-electron chi connectivity index (χ3n) is 5.02. The highest BCUT2D eigenvalue weighted by Crippen LogP contribution is 2.30. The number of hydrogen-bond acceptors (Lipinski definition) is 3. The van der Waals surface area contributed by atoms with Crippen LogP contribution >= 0.6 is 0 Å². The fraction of sp³-hybridized carbons (Fsp3) is 0.318. The number of H-pyrrole nitrogens is 1. The predicted molar refractivity (Wildman–Crippen MR) is 109 cm³/mol. The highest BCUT2D eigenvalue weighted by molar-refractivity contribution is 5.97. The first-order chi connectivity index (χ1) is 13.5. The Morgan fingerprint density at radius 2 is 1.79 bits per heavy atom. The lowest BCUT2D eigenvalue weighted by Crippen LogP contribution is -2.32. The molecule has 144 valence electrons. The SMILES string of the molecule is CC(C)C(NC(=O)c1ccc(NC(=O)C2CC2)cc1)c1nc2ccccc2[nH]1. The Hall–Kier alpha value is -3.15. The lowest BCUT2D eigenvalue weighted by molar-refractivity contribution is -0.117. The van der Waals surface area contributed by atoms with Crippen LogP contribution < -0.4 is 10.6 Å². The topological polar surface area (TPSA) is 86.9 Å². The molecule has 3 N–H and O–H groups in total. The monoisotopic (exact) mass is 376 g/mol. The van der Waals surface area contributed by atoms with E-state index in [9.17, 15) is 9.59 Å². The number of carbonyl (C=O) groups excluding carboxylic acids is 2. The average Bonchev–Trinajstić information content (AvgIpc) is 3.45. The molecule has 1 aliphatic rings. The second-order valence-electron chi connectivity index (χ2n) is 7.68. The standard InChI is InChI=1S/C22H24N4O2/c1-13(2)19(20-24-17-5-3-4-6-18(17)25-20)26-22(28)15-9-11-16(12-10-15)23-21(27)14-7-8-14/h3-6,9-14,19H,7-8H2,1-2H3,(H,23,27)(H,24,25)(H,26,28). The number of nitrogens with one attached hydrogen (secondary N) is 3. The number of hydrogen-bond donors (Lipinski definition) is 3. The van der Waals surface area contributed by atoms with E-state index in [2.05, 4.69) is 34.4 Å². The molecule has 0 aliphatic heterocycles. The zero-order chi connectivity index (χ0) is 19.7. The highest BCUT2D eigenvalue weighted by Gasteiger charge is 2.29. The van der Waals surface area contributed by atoms with E-state index in [1.807, 2.05) is 24.3 Å². The smallest absolute Gasteiger partial charge is 0.251 e. The van der Waals surface area contributed by atoms with Gasteiger partial charge in [-0.1, -0.05) is 26.0 Å². The Bertz CT molecular complexity index is 970. The molecule has 0 spiro atoms. The predicted octanol–water partition coefficient (Wildman–Crippen LogP) is 4.04. The third kappa shape index (κ3) is 3.91. The molecule has 0 bridgehead atoms. The van der Waals surface area contributed by atoms with Gasteiger partial charge in [-0.2, -0.15) is 0 Å². The van der Waals surface area contributed by atoms with E-state index in [-0.39, 0.29) is 29.7 Å². The maximum Gasteiger partial charge on any atom is 0.251 e. The van der Waals surface area contributed by atoms with E-state index in [0.717, 1.165) is 29.7 Å². The Morgan fingerprint density at radius 1 is 1.07 bits per heavy atom. The molecule has 1 fully saturated rings. The molecule has 6 heteroatoms. The van der Waals surface area contributed by atoms with Crippen molar-refractivity contribution < 1.29 is 9.59 Å². The number of amides is 2. The molecule has 1 atom stereocenters. The van der Waals surface area contributed by atoms with Crippen LogP contribution in [0.4, 0.5) is 5.69 Å². The van der Waals surface area contributed by atoms with Crippen molar-refractivity contribution in [1.29, 1.82) is 0 Å². The van der Waals surface area contributed by atoms with Crippen molar-refractivity contribution in [2.45, 2.75) is 32.7 Å². The number of nitrogens with zero attached hydrogens (tertiary/aromatic N) is 1. The molecule has 0 radical (unpaired) electrons. The van der Waals surface area contributed by atoms with E-state index in [1.54, 1.807) is 24.3 Å². The van der Waals surface area contributed by atoms with Gasteiger partial charge in [-0.05, 0) is 55.2 Å². The Labute approximate surface area is 163 Å². The van der Waals surface area contributed by atoms with Gasteiger partial charge in [-0.3, -0.25) is 9.59 Å². The molecule has 6 nitrogen and oxygen atoms in total. The molecular weight excluding hydrogens is 352 g/mol. The molecule has 1 aromatic heterocycles. The van der Waals surface area contributed by atoms with Crippen molar-refractivity contribution in [3.63, 3.8) is 0 Å². The number of aromatic amines is 1. The molecule has 1 aliphatic carbocycles. The summed E-state index contributed by atoms with van der Waals surface area (Å²) in [6.07, 6.45) is 1.93. The lowest BCUT2D eigenvalue weighted by atomic mass is 10.0. The normalized spacial score (nSPS) is 14.8. The summed E-state index contributed by atoms with van der Waals surface area (Å²) in [5.41, 5.74) is 3.10. The number of imidazole rings is 1. The maximum atomic E-state index is 12.8. The Morgan fingerprint density at radius 3 is 2.43 bits per heavy atom. The second-order valence-corrected chi connectivity index (χ2v) is 7.68. The molecule has 1 heterocycles. The van der Waals surface area contributed by atoms with Gasteiger partial charge >= 0.3 is 0 Å². The molecular formula is C22H24N4O2. The van der Waals surface area contributed by atoms with E-state index in [1.165, 1.54) is 0 Å². The van der Waals surface area contributed by atoms with Crippen LogP contribution in [0.3, 0.4) is 0 Å². The lowest BCUT2D eigenvalue weighted by Gasteiger charge is -2.20. The fourth-order valence-corrected chi connectivity index (χ4v) is 3.19. The zero-order valence-electron chi connectivity index (χ0n) is 16.0. The maximum absolute atomic E-state index is 12.8. The summed E-state index contributed by atoms with van der Waals surface area (Å²) >= 11 is 0. The van der Waals surface area contributed by atoms with Crippen LogP contribution in [0.5, 0.6) is 0 Å². The first-order valence-electron chi connectivity index (χ1n) is 9.67. The summed E-state index contributed by atoms with van der Waals surface area (Å²) in [5, 5.41) is 5.96. The van der Waals surface area contributed by atoms with Crippen LogP contribution in [-0.4, -0.2) is 21.8 Å². The number of benzene rings is 2. The largest absolute Gasteiger partial charge is 0.342 e. The van der Waals surface area contributed by atoms with E-state index < -0.39 is 0 Å². The Balaban J connectivity index is 1.47. The van der Waals surface area contributed by atoms with Crippen molar-refractivity contribution in [3.8, 4) is 0 Å². The van der Waals surface area contributed by atoms with Crippen molar-refractivity contribution >= 4 is 28.5 Å². The Kier molecular flexibility index (Phi) is 4.86. The summed E-state index contributed by atoms with van der Waals surface area (Å²) in [4.78, 5) is 32.5.